The highest BCUT2D eigenvalue weighted by Crippen LogP contribution is 2.28. The number of methoxy groups -OCH3 is 1. The Morgan fingerprint density at radius 3 is 2.69 bits per heavy atom. The summed E-state index contributed by atoms with van der Waals surface area (Å²) >= 11 is 1.41. The van der Waals surface area contributed by atoms with Gasteiger partial charge in [-0.25, -0.2) is 9.97 Å². The third-order valence-corrected chi connectivity index (χ3v) is 5.30. The van der Waals surface area contributed by atoms with Crippen LogP contribution in [0.5, 0.6) is 5.88 Å². The monoisotopic (exact) mass is 367 g/mol. The Bertz CT molecular complexity index is 904. The van der Waals surface area contributed by atoms with E-state index in [1.54, 1.807) is 13.3 Å². The average Bonchev–Trinajstić information content (AvgIpc) is 3.08. The fourth-order valence-corrected chi connectivity index (χ4v) is 3.60. The molecule has 3 rings (SSSR count). The Morgan fingerprint density at radius 2 is 2.00 bits per heavy atom. The molecule has 0 atom stereocenters. The lowest BCUT2D eigenvalue weighted by atomic mass is 10.1. The van der Waals surface area contributed by atoms with Gasteiger partial charge in [-0.2, -0.15) is 0 Å². The molecule has 1 aromatic carbocycles. The van der Waals surface area contributed by atoms with Crippen molar-refractivity contribution in [1.82, 2.24) is 15.3 Å². The Hall–Kier alpha value is -2.73. The summed E-state index contributed by atoms with van der Waals surface area (Å²) in [4.78, 5) is 21.9. The van der Waals surface area contributed by atoms with Crippen molar-refractivity contribution in [2.24, 2.45) is 0 Å². The fourth-order valence-electron chi connectivity index (χ4n) is 2.61. The van der Waals surface area contributed by atoms with Crippen molar-refractivity contribution in [1.29, 1.82) is 0 Å². The standard InChI is InChI=1S/C20H21N3O2S/c1-4-14-7-9-15(10-8-14)20-23-13(2)17(26-20)18(24)22-12-16-6-5-11-21-19(16)25-3/h5-11H,4,12H2,1-3H3,(H,22,24). The average molecular weight is 367 g/mol. The second kappa shape index (κ2) is 8.10. The number of aromatic nitrogens is 2. The van der Waals surface area contributed by atoms with E-state index in [1.165, 1.54) is 16.9 Å². The van der Waals surface area contributed by atoms with Crippen LogP contribution < -0.4 is 10.1 Å². The topological polar surface area (TPSA) is 64.1 Å². The number of amides is 1. The summed E-state index contributed by atoms with van der Waals surface area (Å²) < 4.78 is 5.22. The molecule has 5 nitrogen and oxygen atoms in total. The van der Waals surface area contributed by atoms with Crippen molar-refractivity contribution in [3.63, 3.8) is 0 Å². The van der Waals surface area contributed by atoms with Gasteiger partial charge in [-0.1, -0.05) is 37.3 Å². The van der Waals surface area contributed by atoms with E-state index in [4.69, 9.17) is 4.74 Å². The molecule has 26 heavy (non-hydrogen) atoms. The van der Waals surface area contributed by atoms with E-state index in [0.717, 1.165) is 28.2 Å². The van der Waals surface area contributed by atoms with Crippen LogP contribution >= 0.6 is 11.3 Å². The maximum atomic E-state index is 12.6. The van der Waals surface area contributed by atoms with Crippen LogP contribution in [0.1, 0.15) is 33.4 Å². The second-order valence-corrected chi connectivity index (χ2v) is 6.84. The lowest BCUT2D eigenvalue weighted by Gasteiger charge is -2.07. The third-order valence-electron chi connectivity index (χ3n) is 4.09. The summed E-state index contributed by atoms with van der Waals surface area (Å²) in [6.45, 7) is 4.34. The first kappa shape index (κ1) is 18.1. The van der Waals surface area contributed by atoms with Crippen molar-refractivity contribution in [2.45, 2.75) is 26.8 Å². The fraction of sp³-hybridized carbons (Fsp3) is 0.250. The number of thiazole rings is 1. The SMILES string of the molecule is CCc1ccc(-c2nc(C)c(C(=O)NCc3cccnc3OC)s2)cc1. The van der Waals surface area contributed by atoms with Gasteiger partial charge in [0, 0.05) is 23.9 Å². The first-order chi connectivity index (χ1) is 12.6. The number of pyridine rings is 1. The molecule has 1 N–H and O–H groups in total. The van der Waals surface area contributed by atoms with Gasteiger partial charge in [0.25, 0.3) is 5.91 Å². The molecule has 0 spiro atoms. The summed E-state index contributed by atoms with van der Waals surface area (Å²) in [5.74, 6) is 0.382. The normalized spacial score (nSPS) is 10.6. The molecule has 0 saturated heterocycles. The van der Waals surface area contributed by atoms with E-state index in [-0.39, 0.29) is 5.91 Å². The number of benzene rings is 1. The highest BCUT2D eigenvalue weighted by molar-refractivity contribution is 7.17. The third kappa shape index (κ3) is 3.91. The number of aryl methyl sites for hydroxylation is 2. The summed E-state index contributed by atoms with van der Waals surface area (Å²) in [6.07, 6.45) is 2.66. The molecule has 0 radical (unpaired) electrons. The van der Waals surface area contributed by atoms with E-state index in [9.17, 15) is 4.79 Å². The molecule has 2 aromatic heterocycles. The van der Waals surface area contributed by atoms with E-state index in [2.05, 4.69) is 46.5 Å². The van der Waals surface area contributed by atoms with Crippen LogP contribution in [0.3, 0.4) is 0 Å². The van der Waals surface area contributed by atoms with E-state index in [1.807, 2.05) is 19.1 Å². The molecular weight excluding hydrogens is 346 g/mol. The van der Waals surface area contributed by atoms with E-state index >= 15 is 0 Å². The van der Waals surface area contributed by atoms with Gasteiger partial charge >= 0.3 is 0 Å². The Balaban J connectivity index is 1.74. The predicted molar refractivity (Wildman–Crippen MR) is 104 cm³/mol. The molecule has 0 aliphatic heterocycles. The van der Waals surface area contributed by atoms with Crippen molar-refractivity contribution < 1.29 is 9.53 Å². The highest BCUT2D eigenvalue weighted by Gasteiger charge is 2.16. The molecular formula is C20H21N3O2S. The van der Waals surface area contributed by atoms with Gasteiger partial charge in [-0.05, 0) is 25.0 Å². The van der Waals surface area contributed by atoms with Gasteiger partial charge in [-0.3, -0.25) is 4.79 Å². The number of hydrogen-bond acceptors (Lipinski definition) is 5. The zero-order valence-electron chi connectivity index (χ0n) is 15.1. The Labute approximate surface area is 157 Å². The minimum atomic E-state index is -0.137. The minimum Gasteiger partial charge on any atom is -0.481 e. The predicted octanol–water partition coefficient (Wildman–Crippen LogP) is 4.01. The molecule has 3 aromatic rings. The zero-order chi connectivity index (χ0) is 18.5. The first-order valence-electron chi connectivity index (χ1n) is 8.45. The molecule has 134 valence electrons. The smallest absolute Gasteiger partial charge is 0.263 e. The first-order valence-corrected chi connectivity index (χ1v) is 9.26. The molecule has 1 amide bonds. The van der Waals surface area contributed by atoms with Gasteiger partial charge in [-0.15, -0.1) is 11.3 Å². The number of nitrogens with one attached hydrogen (secondary N) is 1. The number of carbonyl (C=O) groups excluding carboxylic acids is 1. The number of rotatable bonds is 6. The second-order valence-electron chi connectivity index (χ2n) is 5.84. The van der Waals surface area contributed by atoms with Crippen molar-refractivity contribution in [2.75, 3.05) is 7.11 Å². The van der Waals surface area contributed by atoms with Crippen LogP contribution in [0.15, 0.2) is 42.6 Å². The van der Waals surface area contributed by atoms with Gasteiger partial charge in [0.05, 0.1) is 12.8 Å². The molecule has 0 aliphatic rings. The number of hydrogen-bond donors (Lipinski definition) is 1. The quantitative estimate of drug-likeness (QED) is 0.715. The van der Waals surface area contributed by atoms with E-state index in [0.29, 0.717) is 17.3 Å². The summed E-state index contributed by atoms with van der Waals surface area (Å²) in [5.41, 5.74) is 3.88. The zero-order valence-corrected chi connectivity index (χ0v) is 15.9. The lowest BCUT2D eigenvalue weighted by molar-refractivity contribution is 0.0954. The summed E-state index contributed by atoms with van der Waals surface area (Å²) in [5, 5.41) is 3.78. The molecule has 0 aliphatic carbocycles. The van der Waals surface area contributed by atoms with Gasteiger partial charge in [0.2, 0.25) is 5.88 Å². The lowest BCUT2D eigenvalue weighted by Crippen LogP contribution is -2.23. The van der Waals surface area contributed by atoms with Gasteiger partial charge in [0.1, 0.15) is 9.88 Å². The molecule has 0 unspecified atom stereocenters. The highest BCUT2D eigenvalue weighted by atomic mass is 32.1. The van der Waals surface area contributed by atoms with Gasteiger partial charge in [0.15, 0.2) is 0 Å². The number of ether oxygens (including phenoxy) is 1. The molecule has 0 bridgehead atoms. The van der Waals surface area contributed by atoms with Crippen molar-refractivity contribution in [3.8, 4) is 16.5 Å². The van der Waals surface area contributed by atoms with Crippen molar-refractivity contribution >= 4 is 17.2 Å². The van der Waals surface area contributed by atoms with Crippen LogP contribution in [-0.2, 0) is 13.0 Å². The molecule has 0 fully saturated rings. The maximum absolute atomic E-state index is 12.6. The van der Waals surface area contributed by atoms with Crippen LogP contribution in [0.4, 0.5) is 0 Å². The number of carbonyl (C=O) groups is 1. The molecule has 6 heteroatoms. The minimum absolute atomic E-state index is 0.137. The maximum Gasteiger partial charge on any atom is 0.263 e. The van der Waals surface area contributed by atoms with Gasteiger partial charge < -0.3 is 10.1 Å². The number of nitrogens with zero attached hydrogens (tertiary/aromatic N) is 2. The Morgan fingerprint density at radius 1 is 1.23 bits per heavy atom. The van der Waals surface area contributed by atoms with Crippen LogP contribution in [-0.4, -0.2) is 23.0 Å². The molecule has 0 saturated carbocycles. The summed E-state index contributed by atoms with van der Waals surface area (Å²) in [7, 11) is 1.57. The van der Waals surface area contributed by atoms with E-state index < -0.39 is 0 Å². The van der Waals surface area contributed by atoms with Crippen molar-refractivity contribution in [3.05, 3.63) is 64.3 Å². The molecule has 2 heterocycles. The largest absolute Gasteiger partial charge is 0.481 e. The van der Waals surface area contributed by atoms with Crippen LogP contribution in [0, 0.1) is 6.92 Å². The van der Waals surface area contributed by atoms with Crippen LogP contribution in [0.2, 0.25) is 0 Å². The van der Waals surface area contributed by atoms with Crippen LogP contribution in [0.25, 0.3) is 10.6 Å². The summed E-state index contributed by atoms with van der Waals surface area (Å²) in [6, 6.07) is 12.0. The Kier molecular flexibility index (Phi) is 5.63.